The van der Waals surface area contributed by atoms with Gasteiger partial charge in [0.15, 0.2) is 9.84 Å². The molecular weight excluding hydrogens is 340 g/mol. The van der Waals surface area contributed by atoms with Gasteiger partial charge in [-0.2, -0.15) is 0 Å². The van der Waals surface area contributed by atoms with Gasteiger partial charge in [-0.15, -0.1) is 0 Å². The molecule has 0 saturated heterocycles. The third-order valence-electron chi connectivity index (χ3n) is 2.92. The van der Waals surface area contributed by atoms with E-state index in [1.807, 2.05) is 25.1 Å². The summed E-state index contributed by atoms with van der Waals surface area (Å²) < 4.78 is 24.3. The minimum Gasteiger partial charge on any atom is -0.396 e. The first-order valence-electron chi connectivity index (χ1n) is 5.91. The third kappa shape index (κ3) is 3.13. The lowest BCUT2D eigenvalue weighted by molar-refractivity contribution is 0.602. The number of benzene rings is 2. The van der Waals surface area contributed by atoms with Crippen molar-refractivity contribution < 1.29 is 8.42 Å². The molecule has 20 heavy (non-hydrogen) atoms. The van der Waals surface area contributed by atoms with Gasteiger partial charge in [-0.05, 0) is 42.8 Å². The van der Waals surface area contributed by atoms with Crippen LogP contribution in [0.25, 0.3) is 0 Å². The van der Waals surface area contributed by atoms with Crippen molar-refractivity contribution in [3.8, 4) is 0 Å². The maximum atomic E-state index is 11.7. The standard InChI is InChI=1S/C14H15BrN2O2S/c1-9-8-10(15)6-7-11(9)17-12-4-3-5-13(14(12)16)20(2,18)19/h3-8,17H,16H2,1-2H3. The summed E-state index contributed by atoms with van der Waals surface area (Å²) in [6, 6.07) is 10.7. The van der Waals surface area contributed by atoms with E-state index in [0.717, 1.165) is 22.0 Å². The Kier molecular flexibility index (Phi) is 4.06. The first-order chi connectivity index (χ1) is 9.29. The highest BCUT2D eigenvalue weighted by molar-refractivity contribution is 9.10. The summed E-state index contributed by atoms with van der Waals surface area (Å²) in [6.45, 7) is 1.96. The van der Waals surface area contributed by atoms with Crippen LogP contribution in [-0.4, -0.2) is 14.7 Å². The van der Waals surface area contributed by atoms with Crippen LogP contribution >= 0.6 is 15.9 Å². The van der Waals surface area contributed by atoms with E-state index in [4.69, 9.17) is 5.73 Å². The predicted molar refractivity (Wildman–Crippen MR) is 86.1 cm³/mol. The van der Waals surface area contributed by atoms with E-state index in [0.29, 0.717) is 5.69 Å². The second-order valence-electron chi connectivity index (χ2n) is 4.57. The Hall–Kier alpha value is -1.53. The molecule has 0 unspecified atom stereocenters. The number of para-hydroxylation sites is 1. The zero-order valence-corrected chi connectivity index (χ0v) is 13.5. The summed E-state index contributed by atoms with van der Waals surface area (Å²) in [5.41, 5.74) is 8.67. The second-order valence-corrected chi connectivity index (χ2v) is 7.47. The monoisotopic (exact) mass is 354 g/mol. The van der Waals surface area contributed by atoms with E-state index in [9.17, 15) is 8.42 Å². The smallest absolute Gasteiger partial charge is 0.177 e. The Morgan fingerprint density at radius 2 is 1.85 bits per heavy atom. The van der Waals surface area contributed by atoms with E-state index < -0.39 is 9.84 Å². The van der Waals surface area contributed by atoms with Crippen LogP contribution in [0.15, 0.2) is 45.8 Å². The van der Waals surface area contributed by atoms with Gasteiger partial charge in [0.25, 0.3) is 0 Å². The zero-order chi connectivity index (χ0) is 14.9. The zero-order valence-electron chi connectivity index (χ0n) is 11.1. The fraction of sp³-hybridized carbons (Fsp3) is 0.143. The van der Waals surface area contributed by atoms with Gasteiger partial charge in [0.05, 0.1) is 16.3 Å². The summed E-state index contributed by atoms with van der Waals surface area (Å²) in [6.07, 6.45) is 1.15. The van der Waals surface area contributed by atoms with E-state index in [-0.39, 0.29) is 10.6 Å². The summed E-state index contributed by atoms with van der Waals surface area (Å²) in [5.74, 6) is 0. The number of hydrogen-bond acceptors (Lipinski definition) is 4. The summed E-state index contributed by atoms with van der Waals surface area (Å²) in [5, 5.41) is 3.17. The lowest BCUT2D eigenvalue weighted by atomic mass is 10.2. The number of hydrogen-bond donors (Lipinski definition) is 2. The number of nitrogen functional groups attached to an aromatic ring is 1. The van der Waals surface area contributed by atoms with Crippen molar-refractivity contribution in [2.45, 2.75) is 11.8 Å². The molecule has 0 atom stereocenters. The molecule has 4 nitrogen and oxygen atoms in total. The molecule has 0 spiro atoms. The fourth-order valence-corrected chi connectivity index (χ4v) is 3.20. The highest BCUT2D eigenvalue weighted by Gasteiger charge is 2.14. The topological polar surface area (TPSA) is 72.2 Å². The average Bonchev–Trinajstić information content (AvgIpc) is 2.33. The van der Waals surface area contributed by atoms with Crippen LogP contribution in [0.4, 0.5) is 17.1 Å². The lowest BCUT2D eigenvalue weighted by Crippen LogP contribution is -2.05. The Morgan fingerprint density at radius 1 is 1.15 bits per heavy atom. The third-order valence-corrected chi connectivity index (χ3v) is 4.57. The van der Waals surface area contributed by atoms with Gasteiger partial charge in [0.1, 0.15) is 0 Å². The number of rotatable bonds is 3. The average molecular weight is 355 g/mol. The number of halogens is 1. The predicted octanol–water partition coefficient (Wildman–Crippen LogP) is 3.49. The van der Waals surface area contributed by atoms with Gasteiger partial charge >= 0.3 is 0 Å². The van der Waals surface area contributed by atoms with Gasteiger partial charge in [0, 0.05) is 16.4 Å². The van der Waals surface area contributed by atoms with E-state index in [1.165, 1.54) is 6.07 Å². The molecule has 6 heteroatoms. The Balaban J connectivity index is 2.45. The number of anilines is 3. The Morgan fingerprint density at radius 3 is 2.45 bits per heavy atom. The van der Waals surface area contributed by atoms with Crippen molar-refractivity contribution >= 4 is 42.8 Å². The minimum absolute atomic E-state index is 0.136. The maximum Gasteiger partial charge on any atom is 0.177 e. The first-order valence-corrected chi connectivity index (χ1v) is 8.59. The van der Waals surface area contributed by atoms with Crippen LogP contribution < -0.4 is 11.1 Å². The van der Waals surface area contributed by atoms with E-state index in [1.54, 1.807) is 12.1 Å². The second kappa shape index (κ2) is 5.46. The van der Waals surface area contributed by atoms with Crippen molar-refractivity contribution in [1.82, 2.24) is 0 Å². The molecule has 0 aromatic heterocycles. The van der Waals surface area contributed by atoms with Gasteiger partial charge in [0.2, 0.25) is 0 Å². The molecule has 0 radical (unpaired) electrons. The first kappa shape index (κ1) is 14.9. The lowest BCUT2D eigenvalue weighted by Gasteiger charge is -2.14. The fourth-order valence-electron chi connectivity index (χ4n) is 1.89. The molecule has 0 aliphatic carbocycles. The van der Waals surface area contributed by atoms with E-state index >= 15 is 0 Å². The molecular formula is C14H15BrN2O2S. The van der Waals surface area contributed by atoms with E-state index in [2.05, 4.69) is 21.2 Å². The SMILES string of the molecule is Cc1cc(Br)ccc1Nc1cccc(S(C)(=O)=O)c1N. The Labute approximate surface area is 127 Å². The van der Waals surface area contributed by atoms with Crippen LogP contribution in [-0.2, 0) is 9.84 Å². The number of nitrogens with two attached hydrogens (primary N) is 1. The largest absolute Gasteiger partial charge is 0.396 e. The van der Waals surface area contributed by atoms with Gasteiger partial charge in [-0.1, -0.05) is 22.0 Å². The Bertz CT molecular complexity index is 758. The molecule has 2 aromatic carbocycles. The molecule has 0 heterocycles. The highest BCUT2D eigenvalue weighted by Crippen LogP contribution is 2.31. The molecule has 106 valence electrons. The molecule has 0 saturated carbocycles. The van der Waals surface area contributed by atoms with Crippen molar-refractivity contribution in [3.63, 3.8) is 0 Å². The molecule has 0 aliphatic rings. The molecule has 0 aliphatic heterocycles. The molecule has 0 amide bonds. The van der Waals surface area contributed by atoms with Crippen LogP contribution in [0.1, 0.15) is 5.56 Å². The highest BCUT2D eigenvalue weighted by atomic mass is 79.9. The number of nitrogens with one attached hydrogen (secondary N) is 1. The minimum atomic E-state index is -3.34. The summed E-state index contributed by atoms with van der Waals surface area (Å²) in [7, 11) is -3.34. The summed E-state index contributed by atoms with van der Waals surface area (Å²) in [4.78, 5) is 0.136. The maximum absolute atomic E-state index is 11.7. The normalized spacial score (nSPS) is 11.3. The van der Waals surface area contributed by atoms with Crippen LogP contribution in [0.5, 0.6) is 0 Å². The van der Waals surface area contributed by atoms with Crippen molar-refractivity contribution in [2.24, 2.45) is 0 Å². The number of sulfone groups is 1. The molecule has 0 bridgehead atoms. The van der Waals surface area contributed by atoms with Crippen molar-refractivity contribution in [3.05, 3.63) is 46.4 Å². The van der Waals surface area contributed by atoms with Crippen LogP contribution in [0, 0.1) is 6.92 Å². The summed E-state index contributed by atoms with van der Waals surface area (Å²) >= 11 is 3.40. The number of aryl methyl sites for hydroxylation is 1. The molecule has 2 aromatic rings. The molecule has 3 N–H and O–H groups in total. The van der Waals surface area contributed by atoms with Crippen molar-refractivity contribution in [2.75, 3.05) is 17.3 Å². The van der Waals surface area contributed by atoms with Crippen molar-refractivity contribution in [1.29, 1.82) is 0 Å². The van der Waals surface area contributed by atoms with Crippen LogP contribution in [0.2, 0.25) is 0 Å². The van der Waals surface area contributed by atoms with Gasteiger partial charge < -0.3 is 11.1 Å². The van der Waals surface area contributed by atoms with Crippen LogP contribution in [0.3, 0.4) is 0 Å². The molecule has 0 fully saturated rings. The van der Waals surface area contributed by atoms with Gasteiger partial charge in [-0.3, -0.25) is 0 Å². The van der Waals surface area contributed by atoms with Gasteiger partial charge in [-0.25, -0.2) is 8.42 Å². The molecule has 2 rings (SSSR count). The quantitative estimate of drug-likeness (QED) is 0.827.